The molecule has 1 saturated carbocycles. The van der Waals surface area contributed by atoms with Crippen molar-refractivity contribution in [2.45, 2.75) is 29.2 Å². The van der Waals surface area contributed by atoms with Crippen LogP contribution in [0.2, 0.25) is 0 Å². The van der Waals surface area contributed by atoms with Crippen molar-refractivity contribution in [3.8, 4) is 0 Å². The number of hydrogen-bond donors (Lipinski definition) is 1. The lowest BCUT2D eigenvalue weighted by Gasteiger charge is -2.13. The van der Waals surface area contributed by atoms with Crippen molar-refractivity contribution in [2.75, 3.05) is 6.54 Å². The minimum Gasteiger partial charge on any atom is -0.310 e. The lowest BCUT2D eigenvalue weighted by atomic mass is 10.0. The standard InChI is InChI=1S/C7H12IN/c1-5-6(8)4-9-7(5)2-3-7/h5-6,9H,2-4H2,1H3. The van der Waals surface area contributed by atoms with Crippen molar-refractivity contribution in [1.82, 2.24) is 5.32 Å². The molecule has 1 aliphatic heterocycles. The van der Waals surface area contributed by atoms with Gasteiger partial charge in [0.05, 0.1) is 0 Å². The molecule has 2 heteroatoms. The molecule has 52 valence electrons. The van der Waals surface area contributed by atoms with Gasteiger partial charge in [0, 0.05) is 16.0 Å². The van der Waals surface area contributed by atoms with Gasteiger partial charge in [-0.25, -0.2) is 0 Å². The zero-order valence-corrected chi connectivity index (χ0v) is 7.81. The highest BCUT2D eigenvalue weighted by Crippen LogP contribution is 2.48. The van der Waals surface area contributed by atoms with Gasteiger partial charge in [0.15, 0.2) is 0 Å². The summed E-state index contributed by atoms with van der Waals surface area (Å²) in [4.78, 5) is 0. The number of rotatable bonds is 0. The van der Waals surface area contributed by atoms with E-state index in [1.807, 2.05) is 0 Å². The van der Waals surface area contributed by atoms with Crippen molar-refractivity contribution in [3.05, 3.63) is 0 Å². The first kappa shape index (κ1) is 6.40. The molecule has 1 spiro atoms. The highest BCUT2D eigenvalue weighted by molar-refractivity contribution is 14.1. The van der Waals surface area contributed by atoms with Crippen LogP contribution in [0.3, 0.4) is 0 Å². The van der Waals surface area contributed by atoms with Crippen LogP contribution in [0.5, 0.6) is 0 Å². The predicted molar refractivity (Wildman–Crippen MR) is 46.9 cm³/mol. The lowest BCUT2D eigenvalue weighted by Crippen LogP contribution is -2.27. The van der Waals surface area contributed by atoms with E-state index < -0.39 is 0 Å². The van der Waals surface area contributed by atoms with E-state index in [1.54, 1.807) is 0 Å². The number of halogens is 1. The van der Waals surface area contributed by atoms with Crippen molar-refractivity contribution in [2.24, 2.45) is 5.92 Å². The molecule has 0 aromatic carbocycles. The summed E-state index contributed by atoms with van der Waals surface area (Å²) in [5, 5.41) is 3.60. The molecule has 1 nitrogen and oxygen atoms in total. The van der Waals surface area contributed by atoms with E-state index in [1.165, 1.54) is 19.4 Å². The molecule has 1 saturated heterocycles. The third kappa shape index (κ3) is 0.827. The van der Waals surface area contributed by atoms with Gasteiger partial charge in [0.2, 0.25) is 0 Å². The smallest absolute Gasteiger partial charge is 0.0278 e. The Morgan fingerprint density at radius 1 is 1.56 bits per heavy atom. The average Bonchev–Trinajstić information content (AvgIpc) is 2.57. The van der Waals surface area contributed by atoms with E-state index in [-0.39, 0.29) is 0 Å². The van der Waals surface area contributed by atoms with E-state index in [0.717, 1.165) is 9.84 Å². The third-order valence-corrected chi connectivity index (χ3v) is 4.37. The maximum absolute atomic E-state index is 3.60. The van der Waals surface area contributed by atoms with Gasteiger partial charge in [-0.2, -0.15) is 0 Å². The molecule has 1 heterocycles. The first-order chi connectivity index (χ1) is 4.25. The summed E-state index contributed by atoms with van der Waals surface area (Å²) in [6.07, 6.45) is 2.85. The Hall–Kier alpha value is 0.690. The average molecular weight is 237 g/mol. The molecule has 0 aromatic heterocycles. The quantitative estimate of drug-likeness (QED) is 0.498. The summed E-state index contributed by atoms with van der Waals surface area (Å²) in [5.41, 5.74) is 0.617. The Kier molecular flexibility index (Phi) is 1.31. The normalized spacial score (nSPS) is 46.0. The van der Waals surface area contributed by atoms with Gasteiger partial charge in [0.1, 0.15) is 0 Å². The third-order valence-electron chi connectivity index (χ3n) is 2.85. The van der Waals surface area contributed by atoms with Gasteiger partial charge in [-0.1, -0.05) is 29.5 Å². The fraction of sp³-hybridized carbons (Fsp3) is 1.00. The van der Waals surface area contributed by atoms with Crippen molar-refractivity contribution < 1.29 is 0 Å². The van der Waals surface area contributed by atoms with E-state index in [4.69, 9.17) is 0 Å². The maximum atomic E-state index is 3.60. The Morgan fingerprint density at radius 3 is 2.44 bits per heavy atom. The van der Waals surface area contributed by atoms with E-state index >= 15 is 0 Å². The molecular weight excluding hydrogens is 225 g/mol. The van der Waals surface area contributed by atoms with Gasteiger partial charge in [-0.05, 0) is 18.8 Å². The molecule has 0 aromatic rings. The summed E-state index contributed by atoms with van der Waals surface area (Å²) < 4.78 is 0.880. The zero-order chi connectivity index (χ0) is 6.48. The molecule has 2 unspecified atom stereocenters. The molecule has 0 radical (unpaired) electrons. The van der Waals surface area contributed by atoms with Crippen molar-refractivity contribution >= 4 is 22.6 Å². The Bertz CT molecular complexity index is 131. The molecule has 9 heavy (non-hydrogen) atoms. The number of nitrogens with one attached hydrogen (secondary N) is 1. The zero-order valence-electron chi connectivity index (χ0n) is 5.65. The van der Waals surface area contributed by atoms with Crippen LogP contribution in [0.15, 0.2) is 0 Å². The SMILES string of the molecule is CC1C(I)CNC12CC2. The van der Waals surface area contributed by atoms with E-state index in [0.29, 0.717) is 5.54 Å². The molecule has 2 rings (SSSR count). The summed E-state index contributed by atoms with van der Waals surface area (Å²) in [5.74, 6) is 0.915. The van der Waals surface area contributed by atoms with Crippen LogP contribution in [0.25, 0.3) is 0 Å². The minimum absolute atomic E-state index is 0.617. The summed E-state index contributed by atoms with van der Waals surface area (Å²) in [7, 11) is 0. The van der Waals surface area contributed by atoms with E-state index in [2.05, 4.69) is 34.8 Å². The van der Waals surface area contributed by atoms with Crippen LogP contribution in [-0.2, 0) is 0 Å². The Morgan fingerprint density at radius 2 is 2.22 bits per heavy atom. The van der Waals surface area contributed by atoms with E-state index in [9.17, 15) is 0 Å². The van der Waals surface area contributed by atoms with Gasteiger partial charge in [-0.3, -0.25) is 0 Å². The van der Waals surface area contributed by atoms with Gasteiger partial charge >= 0.3 is 0 Å². The van der Waals surface area contributed by atoms with Gasteiger partial charge in [-0.15, -0.1) is 0 Å². The largest absolute Gasteiger partial charge is 0.310 e. The van der Waals surface area contributed by atoms with Crippen molar-refractivity contribution in [3.63, 3.8) is 0 Å². The Labute approximate surface area is 69.7 Å². The highest BCUT2D eigenvalue weighted by atomic mass is 127. The fourth-order valence-corrected chi connectivity index (χ4v) is 2.66. The van der Waals surface area contributed by atoms with Crippen LogP contribution >= 0.6 is 22.6 Å². The van der Waals surface area contributed by atoms with Crippen LogP contribution < -0.4 is 5.32 Å². The predicted octanol–water partition coefficient (Wildman–Crippen LogP) is 1.56. The van der Waals surface area contributed by atoms with Crippen LogP contribution in [0.4, 0.5) is 0 Å². The maximum Gasteiger partial charge on any atom is 0.0278 e. The first-order valence-corrected chi connectivity index (χ1v) is 4.88. The Balaban J connectivity index is 2.13. The molecule has 0 bridgehead atoms. The van der Waals surface area contributed by atoms with Crippen LogP contribution in [-0.4, -0.2) is 16.0 Å². The minimum atomic E-state index is 0.617. The fourth-order valence-electron chi connectivity index (χ4n) is 1.75. The first-order valence-electron chi connectivity index (χ1n) is 3.64. The van der Waals surface area contributed by atoms with Crippen molar-refractivity contribution in [1.29, 1.82) is 0 Å². The van der Waals surface area contributed by atoms with Crippen LogP contribution in [0.1, 0.15) is 19.8 Å². The molecule has 2 atom stereocenters. The van der Waals surface area contributed by atoms with Gasteiger partial charge in [0.25, 0.3) is 0 Å². The molecule has 2 fully saturated rings. The molecular formula is C7H12IN. The second kappa shape index (κ2) is 1.84. The summed E-state index contributed by atoms with van der Waals surface area (Å²) in [6.45, 7) is 3.62. The van der Waals surface area contributed by atoms with Gasteiger partial charge < -0.3 is 5.32 Å². The molecule has 1 N–H and O–H groups in total. The molecule has 2 aliphatic rings. The lowest BCUT2D eigenvalue weighted by molar-refractivity contribution is 0.475. The monoisotopic (exact) mass is 237 g/mol. The number of alkyl halides is 1. The summed E-state index contributed by atoms with van der Waals surface area (Å²) >= 11 is 2.56. The molecule has 1 aliphatic carbocycles. The topological polar surface area (TPSA) is 12.0 Å². The molecule has 0 amide bonds. The second-order valence-electron chi connectivity index (χ2n) is 3.34. The second-order valence-corrected chi connectivity index (χ2v) is 4.94. The summed E-state index contributed by atoms with van der Waals surface area (Å²) in [6, 6.07) is 0. The number of hydrogen-bond acceptors (Lipinski definition) is 1. The van der Waals surface area contributed by atoms with Crippen LogP contribution in [0, 0.1) is 5.92 Å². The highest BCUT2D eigenvalue weighted by Gasteiger charge is 2.53.